The summed E-state index contributed by atoms with van der Waals surface area (Å²) in [6.07, 6.45) is 9.15. The number of hydrogen-bond donors (Lipinski definition) is 1. The fourth-order valence-electron chi connectivity index (χ4n) is 2.88. The summed E-state index contributed by atoms with van der Waals surface area (Å²) in [5.41, 5.74) is 0. The Balaban J connectivity index is 1.92. The molecule has 0 saturated heterocycles. The molecule has 1 saturated carbocycles. The average molecular weight is 207 g/mol. The average Bonchev–Trinajstić information content (AvgIpc) is 2.64. The standard InChI is InChI=1S/C11H13NO3/c13-11(14)8-2-1-7-3-4-12-5-6-15-10(8)9(7)12/h3-10H,1-2H2,(H,13,14). The molecule has 0 amide bonds. The molecule has 0 spiro atoms. The highest BCUT2D eigenvalue weighted by molar-refractivity contribution is 5.71. The fourth-order valence-corrected chi connectivity index (χ4v) is 2.88. The lowest BCUT2D eigenvalue weighted by Crippen LogP contribution is -2.52. The van der Waals surface area contributed by atoms with E-state index in [-0.39, 0.29) is 18.1 Å². The number of nitrogens with zero attached hydrogens (tertiary/aromatic N) is 1. The Morgan fingerprint density at radius 1 is 1.40 bits per heavy atom. The second-order valence-corrected chi connectivity index (χ2v) is 4.35. The Labute approximate surface area is 87.8 Å². The van der Waals surface area contributed by atoms with Crippen molar-refractivity contribution in [3.8, 4) is 0 Å². The van der Waals surface area contributed by atoms with E-state index in [9.17, 15) is 4.79 Å². The van der Waals surface area contributed by atoms with Gasteiger partial charge in [0.2, 0.25) is 0 Å². The second-order valence-electron chi connectivity index (χ2n) is 4.35. The Kier molecular flexibility index (Phi) is 1.78. The van der Waals surface area contributed by atoms with E-state index in [0.717, 1.165) is 6.42 Å². The molecule has 4 unspecified atom stereocenters. The van der Waals surface area contributed by atoms with Crippen molar-refractivity contribution in [3.05, 3.63) is 24.7 Å². The van der Waals surface area contributed by atoms with Crippen LogP contribution in [0.3, 0.4) is 0 Å². The molecule has 80 valence electrons. The van der Waals surface area contributed by atoms with Crippen LogP contribution in [0.15, 0.2) is 24.7 Å². The smallest absolute Gasteiger partial charge is 0.310 e. The van der Waals surface area contributed by atoms with Crippen LogP contribution in [0.25, 0.3) is 0 Å². The molecule has 3 rings (SSSR count). The summed E-state index contributed by atoms with van der Waals surface area (Å²) in [5.74, 6) is -0.644. The van der Waals surface area contributed by atoms with Gasteiger partial charge in [0.1, 0.15) is 6.10 Å². The van der Waals surface area contributed by atoms with Gasteiger partial charge < -0.3 is 14.7 Å². The van der Waals surface area contributed by atoms with Gasteiger partial charge in [0.15, 0.2) is 0 Å². The van der Waals surface area contributed by atoms with Crippen molar-refractivity contribution in [1.82, 2.24) is 4.90 Å². The van der Waals surface area contributed by atoms with E-state index in [0.29, 0.717) is 12.3 Å². The summed E-state index contributed by atoms with van der Waals surface area (Å²) in [6.45, 7) is 0. The number of carboxylic acid groups (broad SMARTS) is 1. The van der Waals surface area contributed by atoms with E-state index in [1.54, 1.807) is 6.26 Å². The molecule has 0 aromatic rings. The summed E-state index contributed by atoms with van der Waals surface area (Å²) in [4.78, 5) is 13.2. The van der Waals surface area contributed by atoms with Crippen LogP contribution in [0.2, 0.25) is 0 Å². The number of hydrogen-bond acceptors (Lipinski definition) is 3. The molecular formula is C11H13NO3. The molecule has 1 fully saturated rings. The van der Waals surface area contributed by atoms with Crippen LogP contribution in [0, 0.1) is 11.8 Å². The zero-order valence-electron chi connectivity index (χ0n) is 8.24. The van der Waals surface area contributed by atoms with Gasteiger partial charge in [-0.15, -0.1) is 0 Å². The van der Waals surface area contributed by atoms with E-state index in [1.165, 1.54) is 0 Å². The van der Waals surface area contributed by atoms with Crippen LogP contribution in [-0.2, 0) is 9.53 Å². The Morgan fingerprint density at radius 3 is 3.07 bits per heavy atom. The molecule has 15 heavy (non-hydrogen) atoms. The highest BCUT2D eigenvalue weighted by Gasteiger charge is 2.48. The summed E-state index contributed by atoms with van der Waals surface area (Å²) >= 11 is 0. The second kappa shape index (κ2) is 3.02. The van der Waals surface area contributed by atoms with E-state index < -0.39 is 5.97 Å². The third-order valence-electron chi connectivity index (χ3n) is 3.62. The zero-order chi connectivity index (χ0) is 10.4. The molecule has 0 radical (unpaired) electrons. The maximum Gasteiger partial charge on any atom is 0.310 e. The Morgan fingerprint density at radius 2 is 2.27 bits per heavy atom. The van der Waals surface area contributed by atoms with Crippen LogP contribution in [-0.4, -0.2) is 28.1 Å². The fraction of sp³-hybridized carbons (Fsp3) is 0.545. The number of rotatable bonds is 1. The first-order chi connectivity index (χ1) is 7.27. The largest absolute Gasteiger partial charge is 0.493 e. The zero-order valence-corrected chi connectivity index (χ0v) is 8.24. The maximum absolute atomic E-state index is 11.1. The first-order valence-electron chi connectivity index (χ1n) is 5.28. The lowest BCUT2D eigenvalue weighted by atomic mass is 9.76. The lowest BCUT2D eigenvalue weighted by Gasteiger charge is -2.42. The van der Waals surface area contributed by atoms with Crippen molar-refractivity contribution in [3.63, 3.8) is 0 Å². The minimum absolute atomic E-state index is 0.193. The molecule has 1 N–H and O–H groups in total. The molecule has 4 atom stereocenters. The molecule has 0 aromatic carbocycles. The van der Waals surface area contributed by atoms with Crippen LogP contribution < -0.4 is 0 Å². The normalized spacial score (nSPS) is 41.2. The number of aliphatic carboxylic acids is 1. The molecular weight excluding hydrogens is 194 g/mol. The number of carboxylic acids is 1. The minimum Gasteiger partial charge on any atom is -0.493 e. The maximum atomic E-state index is 11.1. The van der Waals surface area contributed by atoms with Gasteiger partial charge in [-0.1, -0.05) is 6.08 Å². The quantitative estimate of drug-likeness (QED) is 0.701. The monoisotopic (exact) mass is 207 g/mol. The van der Waals surface area contributed by atoms with Gasteiger partial charge in [0.05, 0.1) is 18.2 Å². The van der Waals surface area contributed by atoms with Gasteiger partial charge in [-0.3, -0.25) is 4.79 Å². The molecule has 3 aliphatic rings. The molecule has 2 aliphatic heterocycles. The van der Waals surface area contributed by atoms with Crippen molar-refractivity contribution in [1.29, 1.82) is 0 Å². The van der Waals surface area contributed by atoms with Crippen LogP contribution >= 0.6 is 0 Å². The summed E-state index contributed by atoms with van der Waals surface area (Å²) in [7, 11) is 0. The van der Waals surface area contributed by atoms with Crippen molar-refractivity contribution >= 4 is 5.97 Å². The van der Waals surface area contributed by atoms with Crippen molar-refractivity contribution in [2.75, 3.05) is 0 Å². The minimum atomic E-state index is -0.736. The first-order valence-corrected chi connectivity index (χ1v) is 5.28. The van der Waals surface area contributed by atoms with Crippen molar-refractivity contribution in [2.24, 2.45) is 11.8 Å². The van der Waals surface area contributed by atoms with Crippen molar-refractivity contribution < 1.29 is 14.6 Å². The SMILES string of the molecule is O=C(O)C1CCC2C=CN3C=COC1C23. The van der Waals surface area contributed by atoms with Gasteiger partial charge in [-0.25, -0.2) is 0 Å². The number of carbonyl (C=O) groups is 1. The Bertz CT molecular complexity index is 350. The van der Waals surface area contributed by atoms with Crippen LogP contribution in [0.1, 0.15) is 12.8 Å². The molecule has 0 aromatic heterocycles. The van der Waals surface area contributed by atoms with Gasteiger partial charge in [-0.2, -0.15) is 0 Å². The lowest BCUT2D eigenvalue weighted by molar-refractivity contribution is -0.151. The highest BCUT2D eigenvalue weighted by Crippen LogP contribution is 2.40. The van der Waals surface area contributed by atoms with Gasteiger partial charge >= 0.3 is 5.97 Å². The topological polar surface area (TPSA) is 49.8 Å². The van der Waals surface area contributed by atoms with Crippen LogP contribution in [0.4, 0.5) is 0 Å². The van der Waals surface area contributed by atoms with Gasteiger partial charge in [-0.05, 0) is 12.8 Å². The van der Waals surface area contributed by atoms with Crippen LogP contribution in [0.5, 0.6) is 0 Å². The molecule has 4 heteroatoms. The first kappa shape index (κ1) is 8.83. The molecule has 0 bridgehead atoms. The molecule has 1 aliphatic carbocycles. The number of ether oxygens (including phenoxy) is 1. The highest BCUT2D eigenvalue weighted by atomic mass is 16.5. The van der Waals surface area contributed by atoms with Gasteiger partial charge in [0.25, 0.3) is 0 Å². The third kappa shape index (κ3) is 1.17. The molecule has 4 nitrogen and oxygen atoms in total. The van der Waals surface area contributed by atoms with Gasteiger partial charge in [0, 0.05) is 18.3 Å². The van der Waals surface area contributed by atoms with E-state index in [1.807, 2.05) is 12.4 Å². The molecule has 2 heterocycles. The van der Waals surface area contributed by atoms with E-state index in [4.69, 9.17) is 9.84 Å². The summed E-state index contributed by atoms with van der Waals surface area (Å²) in [5, 5.41) is 9.13. The summed E-state index contributed by atoms with van der Waals surface area (Å²) < 4.78 is 5.49. The Hall–Kier alpha value is -1.45. The van der Waals surface area contributed by atoms with Crippen molar-refractivity contribution in [2.45, 2.75) is 25.0 Å². The third-order valence-corrected chi connectivity index (χ3v) is 3.62. The predicted molar refractivity (Wildman–Crippen MR) is 52.6 cm³/mol. The van der Waals surface area contributed by atoms with E-state index in [2.05, 4.69) is 11.0 Å². The van der Waals surface area contributed by atoms with E-state index >= 15 is 0 Å². The predicted octanol–water partition coefficient (Wildman–Crippen LogP) is 1.17. The summed E-state index contributed by atoms with van der Waals surface area (Å²) in [6, 6.07) is 0.199.